The molecule has 1 N–H and O–H groups in total. The molecule has 1 aliphatic rings. The summed E-state index contributed by atoms with van der Waals surface area (Å²) in [5, 5.41) is 6.50. The minimum absolute atomic E-state index is 0.0145. The molecule has 1 heterocycles. The van der Waals surface area contributed by atoms with Crippen LogP contribution in [0.1, 0.15) is 28.8 Å². The summed E-state index contributed by atoms with van der Waals surface area (Å²) in [6.07, 6.45) is 3.36. The molecule has 6 heteroatoms. The van der Waals surface area contributed by atoms with Crippen molar-refractivity contribution in [2.45, 2.75) is 19.3 Å². The molecule has 3 aromatic carbocycles. The van der Waals surface area contributed by atoms with E-state index in [-0.39, 0.29) is 5.91 Å². The first-order chi connectivity index (χ1) is 15.0. The van der Waals surface area contributed by atoms with E-state index in [1.54, 1.807) is 0 Å². The van der Waals surface area contributed by atoms with Crippen LogP contribution in [-0.2, 0) is 6.42 Å². The Labute approximate surface area is 201 Å². The fourth-order valence-corrected chi connectivity index (χ4v) is 4.90. The third-order valence-corrected chi connectivity index (χ3v) is 7.23. The molecular formula is C25H25BrCl2N2O. The van der Waals surface area contributed by atoms with E-state index in [1.807, 2.05) is 42.5 Å². The quantitative estimate of drug-likeness (QED) is 0.398. The predicted molar refractivity (Wildman–Crippen MR) is 133 cm³/mol. The monoisotopic (exact) mass is 518 g/mol. The smallest absolute Gasteiger partial charge is 0.251 e. The van der Waals surface area contributed by atoms with E-state index >= 15 is 0 Å². The minimum atomic E-state index is -0.0145. The van der Waals surface area contributed by atoms with Gasteiger partial charge in [-0.05, 0) is 91.0 Å². The average molecular weight is 520 g/mol. The molecule has 0 saturated carbocycles. The first-order valence-corrected chi connectivity index (χ1v) is 12.2. The Kier molecular flexibility index (Phi) is 7.55. The number of piperidine rings is 1. The van der Waals surface area contributed by atoms with Gasteiger partial charge in [0, 0.05) is 23.1 Å². The van der Waals surface area contributed by atoms with Crippen molar-refractivity contribution in [2.24, 2.45) is 5.92 Å². The van der Waals surface area contributed by atoms with Crippen LogP contribution in [0.5, 0.6) is 0 Å². The van der Waals surface area contributed by atoms with Crippen molar-refractivity contribution >= 4 is 55.8 Å². The second-order valence-corrected chi connectivity index (χ2v) is 9.93. The van der Waals surface area contributed by atoms with Crippen molar-refractivity contribution in [3.63, 3.8) is 0 Å². The molecular weight excluding hydrogens is 495 g/mol. The summed E-state index contributed by atoms with van der Waals surface area (Å²) in [5.74, 6) is 0.653. The van der Waals surface area contributed by atoms with Crippen LogP contribution in [-0.4, -0.2) is 37.0 Å². The molecule has 0 aliphatic carbocycles. The summed E-state index contributed by atoms with van der Waals surface area (Å²) in [6.45, 7) is 3.67. The van der Waals surface area contributed by atoms with E-state index in [2.05, 4.69) is 38.3 Å². The fourth-order valence-electron chi connectivity index (χ4n) is 4.20. The Morgan fingerprint density at radius 3 is 2.48 bits per heavy atom. The first-order valence-electron chi connectivity index (χ1n) is 10.6. The van der Waals surface area contributed by atoms with Crippen LogP contribution in [0.25, 0.3) is 10.8 Å². The van der Waals surface area contributed by atoms with Gasteiger partial charge in [-0.15, -0.1) is 0 Å². The normalized spacial score (nSPS) is 15.3. The van der Waals surface area contributed by atoms with E-state index in [1.165, 1.54) is 5.56 Å². The zero-order valence-corrected chi connectivity index (χ0v) is 20.3. The van der Waals surface area contributed by atoms with Gasteiger partial charge < -0.3 is 10.2 Å². The Morgan fingerprint density at radius 2 is 1.71 bits per heavy atom. The van der Waals surface area contributed by atoms with Crippen LogP contribution >= 0.6 is 39.1 Å². The molecule has 3 aromatic rings. The number of halogens is 3. The molecule has 1 aliphatic heterocycles. The topological polar surface area (TPSA) is 32.3 Å². The zero-order chi connectivity index (χ0) is 21.8. The molecule has 0 radical (unpaired) electrons. The van der Waals surface area contributed by atoms with Crippen molar-refractivity contribution in [1.29, 1.82) is 0 Å². The van der Waals surface area contributed by atoms with E-state index in [9.17, 15) is 4.79 Å². The summed E-state index contributed by atoms with van der Waals surface area (Å²) >= 11 is 15.6. The number of carbonyl (C=O) groups excluding carboxylic acids is 1. The van der Waals surface area contributed by atoms with Gasteiger partial charge >= 0.3 is 0 Å². The van der Waals surface area contributed by atoms with Gasteiger partial charge in [0.25, 0.3) is 5.91 Å². The lowest BCUT2D eigenvalue weighted by Gasteiger charge is -2.32. The number of nitrogens with zero attached hydrogens (tertiary/aromatic N) is 1. The minimum Gasteiger partial charge on any atom is -0.351 e. The summed E-state index contributed by atoms with van der Waals surface area (Å²) in [6, 6.07) is 17.8. The van der Waals surface area contributed by atoms with Crippen molar-refractivity contribution < 1.29 is 4.79 Å². The van der Waals surface area contributed by atoms with Crippen molar-refractivity contribution in [1.82, 2.24) is 10.2 Å². The fraction of sp³-hybridized carbons (Fsp3) is 0.320. The first kappa shape index (κ1) is 22.6. The molecule has 4 rings (SSSR count). The number of rotatable bonds is 6. The Hall–Kier alpha value is -1.59. The maximum absolute atomic E-state index is 12.5. The van der Waals surface area contributed by atoms with Gasteiger partial charge in [-0.1, -0.05) is 57.3 Å². The predicted octanol–water partition coefficient (Wildman–Crippen LogP) is 6.59. The van der Waals surface area contributed by atoms with E-state index < -0.39 is 0 Å². The highest BCUT2D eigenvalue weighted by Crippen LogP contribution is 2.27. The van der Waals surface area contributed by atoms with Crippen molar-refractivity contribution in [3.05, 3.63) is 80.2 Å². The number of carbonyl (C=O) groups is 1. The molecule has 1 fully saturated rings. The molecule has 0 unspecified atom stereocenters. The highest BCUT2D eigenvalue weighted by atomic mass is 79.9. The van der Waals surface area contributed by atoms with E-state index in [0.717, 1.165) is 54.1 Å². The lowest BCUT2D eigenvalue weighted by Crippen LogP contribution is -2.39. The number of fused-ring (bicyclic) bond motifs is 1. The third-order valence-electron chi connectivity index (χ3n) is 5.99. The Balaban J connectivity index is 1.21. The summed E-state index contributed by atoms with van der Waals surface area (Å²) in [7, 11) is 0. The average Bonchev–Trinajstić information content (AvgIpc) is 2.77. The van der Waals surface area contributed by atoms with Gasteiger partial charge in [-0.25, -0.2) is 0 Å². The number of benzene rings is 3. The highest BCUT2D eigenvalue weighted by Gasteiger charge is 2.19. The summed E-state index contributed by atoms with van der Waals surface area (Å²) < 4.78 is 1.04. The van der Waals surface area contributed by atoms with E-state index in [4.69, 9.17) is 23.2 Å². The van der Waals surface area contributed by atoms with Crippen LogP contribution in [0, 0.1) is 5.92 Å². The van der Waals surface area contributed by atoms with Gasteiger partial charge in [0.1, 0.15) is 0 Å². The van der Waals surface area contributed by atoms with Crippen LogP contribution in [0.4, 0.5) is 0 Å². The second kappa shape index (κ2) is 10.4. The molecule has 1 saturated heterocycles. The lowest BCUT2D eigenvalue weighted by molar-refractivity contribution is 0.0944. The molecule has 0 spiro atoms. The molecule has 3 nitrogen and oxygen atoms in total. The SMILES string of the molecule is O=C(NCCN1CCC(Cc2ccc(Cl)c(Cl)c2)CC1)c1ccc2cc(Br)ccc2c1. The van der Waals surface area contributed by atoms with Gasteiger partial charge in [-0.3, -0.25) is 4.79 Å². The van der Waals surface area contributed by atoms with Crippen molar-refractivity contribution in [2.75, 3.05) is 26.2 Å². The molecule has 31 heavy (non-hydrogen) atoms. The number of hydrogen-bond acceptors (Lipinski definition) is 2. The number of likely N-dealkylation sites (tertiary alicyclic amines) is 1. The summed E-state index contributed by atoms with van der Waals surface area (Å²) in [5.41, 5.74) is 1.96. The molecule has 0 aromatic heterocycles. The Morgan fingerprint density at radius 1 is 0.968 bits per heavy atom. The third kappa shape index (κ3) is 6.01. The van der Waals surface area contributed by atoms with E-state index in [0.29, 0.717) is 28.1 Å². The van der Waals surface area contributed by atoms with Crippen LogP contribution in [0.2, 0.25) is 10.0 Å². The molecule has 162 valence electrons. The van der Waals surface area contributed by atoms with Gasteiger partial charge in [0.2, 0.25) is 0 Å². The largest absolute Gasteiger partial charge is 0.351 e. The van der Waals surface area contributed by atoms with Crippen LogP contribution < -0.4 is 5.32 Å². The highest BCUT2D eigenvalue weighted by molar-refractivity contribution is 9.10. The molecule has 1 amide bonds. The molecule has 0 atom stereocenters. The lowest BCUT2D eigenvalue weighted by atomic mass is 9.90. The molecule has 0 bridgehead atoms. The number of hydrogen-bond donors (Lipinski definition) is 1. The maximum atomic E-state index is 12.5. The summed E-state index contributed by atoms with van der Waals surface area (Å²) in [4.78, 5) is 15.0. The van der Waals surface area contributed by atoms with Gasteiger partial charge in [-0.2, -0.15) is 0 Å². The standard InChI is InChI=1S/C25H25BrCl2N2O/c26-22-5-4-19-15-21(3-2-20(19)16-22)25(31)29-9-12-30-10-7-17(8-11-30)13-18-1-6-23(27)24(28)14-18/h1-6,14-17H,7-13H2,(H,29,31). The van der Waals surface area contributed by atoms with Gasteiger partial charge in [0.15, 0.2) is 0 Å². The van der Waals surface area contributed by atoms with Crippen LogP contribution in [0.3, 0.4) is 0 Å². The van der Waals surface area contributed by atoms with Crippen molar-refractivity contribution in [3.8, 4) is 0 Å². The Bertz CT molecular complexity index is 1080. The zero-order valence-electron chi connectivity index (χ0n) is 17.2. The number of amides is 1. The second-order valence-electron chi connectivity index (χ2n) is 8.20. The van der Waals surface area contributed by atoms with Crippen LogP contribution in [0.15, 0.2) is 59.1 Å². The van der Waals surface area contributed by atoms with Gasteiger partial charge in [0.05, 0.1) is 10.0 Å². The number of nitrogens with one attached hydrogen (secondary N) is 1. The maximum Gasteiger partial charge on any atom is 0.251 e.